The van der Waals surface area contributed by atoms with E-state index in [1.54, 1.807) is 6.20 Å². The van der Waals surface area contributed by atoms with Crippen LogP contribution < -0.4 is 4.90 Å². The van der Waals surface area contributed by atoms with Gasteiger partial charge in [-0.3, -0.25) is 0 Å². The lowest BCUT2D eigenvalue weighted by Gasteiger charge is -2.19. The highest BCUT2D eigenvalue weighted by Gasteiger charge is 2.15. The summed E-state index contributed by atoms with van der Waals surface area (Å²) in [4.78, 5) is 6.16. The zero-order valence-electron chi connectivity index (χ0n) is 11.5. The normalized spacial score (nSPS) is 10.3. The van der Waals surface area contributed by atoms with Crippen LogP contribution in [0.5, 0.6) is 0 Å². The van der Waals surface area contributed by atoms with E-state index in [0.29, 0.717) is 17.9 Å². The number of nitriles is 1. The molecule has 2 rings (SSSR count). The second-order valence-electron chi connectivity index (χ2n) is 4.53. The molecular weight excluding hydrogens is 240 g/mol. The molecule has 0 fully saturated rings. The monoisotopic (exact) mass is 256 g/mol. The van der Waals surface area contributed by atoms with Crippen LogP contribution in [0.15, 0.2) is 12.4 Å². The first-order valence-electron chi connectivity index (χ1n) is 5.96. The van der Waals surface area contributed by atoms with Crippen molar-refractivity contribution in [3.63, 3.8) is 0 Å². The Kier molecular flexibility index (Phi) is 3.47. The predicted molar refractivity (Wildman–Crippen MR) is 71.5 cm³/mol. The zero-order valence-corrected chi connectivity index (χ0v) is 11.5. The molecule has 2 aromatic heterocycles. The molecule has 0 saturated carbocycles. The van der Waals surface area contributed by atoms with Crippen LogP contribution in [0.3, 0.4) is 0 Å². The minimum atomic E-state index is 0.573. The van der Waals surface area contributed by atoms with Gasteiger partial charge >= 0.3 is 0 Å². The van der Waals surface area contributed by atoms with Gasteiger partial charge in [0.2, 0.25) is 0 Å². The molecule has 6 heteroatoms. The van der Waals surface area contributed by atoms with Crippen molar-refractivity contribution in [2.75, 3.05) is 11.9 Å². The third-order valence-corrected chi connectivity index (χ3v) is 3.21. The third kappa shape index (κ3) is 2.40. The smallest absolute Gasteiger partial charge is 0.169 e. The highest BCUT2D eigenvalue weighted by Crippen LogP contribution is 2.21. The van der Waals surface area contributed by atoms with E-state index in [1.807, 2.05) is 43.6 Å². The van der Waals surface area contributed by atoms with Gasteiger partial charge in [-0.25, -0.2) is 4.98 Å². The van der Waals surface area contributed by atoms with Crippen molar-refractivity contribution in [1.82, 2.24) is 19.7 Å². The van der Waals surface area contributed by atoms with Gasteiger partial charge in [-0.2, -0.15) is 10.4 Å². The lowest BCUT2D eigenvalue weighted by atomic mass is 10.1. The number of imidazole rings is 1. The largest absolute Gasteiger partial charge is 0.350 e. The summed E-state index contributed by atoms with van der Waals surface area (Å²) in [6.45, 7) is 4.32. The van der Waals surface area contributed by atoms with E-state index < -0.39 is 0 Å². The number of aryl methyl sites for hydroxylation is 2. The van der Waals surface area contributed by atoms with Crippen molar-refractivity contribution in [3.05, 3.63) is 35.0 Å². The van der Waals surface area contributed by atoms with E-state index in [1.165, 1.54) is 0 Å². The molecule has 0 aliphatic carbocycles. The van der Waals surface area contributed by atoms with Crippen molar-refractivity contribution < 1.29 is 0 Å². The number of aromatic nitrogens is 4. The minimum absolute atomic E-state index is 0.573. The number of nitrogens with zero attached hydrogens (tertiary/aromatic N) is 6. The van der Waals surface area contributed by atoms with Crippen LogP contribution in [0.4, 0.5) is 5.82 Å². The fourth-order valence-corrected chi connectivity index (χ4v) is 1.83. The summed E-state index contributed by atoms with van der Waals surface area (Å²) in [6, 6.07) is 2.21. The predicted octanol–water partition coefficient (Wildman–Crippen LogP) is 1.34. The van der Waals surface area contributed by atoms with Gasteiger partial charge in [-0.1, -0.05) is 0 Å². The molecule has 0 spiro atoms. The Morgan fingerprint density at radius 2 is 2.11 bits per heavy atom. The van der Waals surface area contributed by atoms with Crippen molar-refractivity contribution >= 4 is 5.82 Å². The van der Waals surface area contributed by atoms with Crippen LogP contribution in [-0.2, 0) is 13.6 Å². The van der Waals surface area contributed by atoms with Crippen LogP contribution >= 0.6 is 0 Å². The van der Waals surface area contributed by atoms with Crippen LogP contribution in [0.2, 0.25) is 0 Å². The van der Waals surface area contributed by atoms with Gasteiger partial charge in [0.1, 0.15) is 17.5 Å². The summed E-state index contributed by atoms with van der Waals surface area (Å²) in [5.41, 5.74) is 2.23. The van der Waals surface area contributed by atoms with E-state index >= 15 is 0 Å². The fourth-order valence-electron chi connectivity index (χ4n) is 1.83. The quantitative estimate of drug-likeness (QED) is 0.828. The van der Waals surface area contributed by atoms with Crippen molar-refractivity contribution in [1.29, 1.82) is 5.26 Å². The average Bonchev–Trinajstić information content (AvgIpc) is 2.78. The van der Waals surface area contributed by atoms with Crippen molar-refractivity contribution in [2.45, 2.75) is 20.4 Å². The Hall–Kier alpha value is -2.42. The highest BCUT2D eigenvalue weighted by molar-refractivity contribution is 5.57. The van der Waals surface area contributed by atoms with E-state index in [0.717, 1.165) is 17.1 Å². The maximum atomic E-state index is 9.29. The highest BCUT2D eigenvalue weighted by atomic mass is 15.3. The summed E-state index contributed by atoms with van der Waals surface area (Å²) in [5, 5.41) is 17.5. The minimum Gasteiger partial charge on any atom is -0.350 e. The molecular formula is C13H16N6. The summed E-state index contributed by atoms with van der Waals surface area (Å²) in [6.07, 6.45) is 3.64. The molecule has 0 bridgehead atoms. The Morgan fingerprint density at radius 1 is 1.37 bits per heavy atom. The Morgan fingerprint density at radius 3 is 2.68 bits per heavy atom. The van der Waals surface area contributed by atoms with Gasteiger partial charge < -0.3 is 9.47 Å². The molecule has 19 heavy (non-hydrogen) atoms. The summed E-state index contributed by atoms with van der Waals surface area (Å²) < 4.78 is 1.94. The Balaban J connectivity index is 2.35. The van der Waals surface area contributed by atoms with Crippen LogP contribution in [0.25, 0.3) is 0 Å². The first-order chi connectivity index (χ1) is 9.04. The Labute approximate surface area is 112 Å². The molecule has 2 heterocycles. The third-order valence-electron chi connectivity index (χ3n) is 3.21. The van der Waals surface area contributed by atoms with E-state index in [4.69, 9.17) is 0 Å². The molecule has 0 saturated heterocycles. The SMILES string of the molecule is Cc1nnc(N(C)Cc2nccn2C)c(C#N)c1C. The fraction of sp³-hybridized carbons (Fsp3) is 0.385. The Bertz CT molecular complexity index is 637. The van der Waals surface area contributed by atoms with Gasteiger partial charge in [0.25, 0.3) is 0 Å². The molecule has 0 atom stereocenters. The maximum absolute atomic E-state index is 9.29. The lowest BCUT2D eigenvalue weighted by Crippen LogP contribution is -2.22. The van der Waals surface area contributed by atoms with Gasteiger partial charge in [-0.05, 0) is 19.4 Å². The average molecular weight is 256 g/mol. The van der Waals surface area contributed by atoms with E-state index in [9.17, 15) is 5.26 Å². The molecule has 0 aromatic carbocycles. The molecule has 98 valence electrons. The van der Waals surface area contributed by atoms with E-state index in [2.05, 4.69) is 21.3 Å². The van der Waals surface area contributed by atoms with Crippen LogP contribution in [0.1, 0.15) is 22.6 Å². The van der Waals surface area contributed by atoms with Crippen LogP contribution in [-0.4, -0.2) is 26.8 Å². The number of rotatable bonds is 3. The van der Waals surface area contributed by atoms with Crippen molar-refractivity contribution in [2.24, 2.45) is 7.05 Å². The van der Waals surface area contributed by atoms with Gasteiger partial charge in [0, 0.05) is 26.5 Å². The molecule has 2 aromatic rings. The topological polar surface area (TPSA) is 70.6 Å². The molecule has 6 nitrogen and oxygen atoms in total. The molecule has 0 unspecified atom stereocenters. The first-order valence-corrected chi connectivity index (χ1v) is 5.96. The summed E-state index contributed by atoms with van der Waals surface area (Å²) >= 11 is 0. The van der Waals surface area contributed by atoms with E-state index in [-0.39, 0.29) is 0 Å². The first kappa shape index (κ1) is 13.0. The number of anilines is 1. The summed E-state index contributed by atoms with van der Waals surface area (Å²) in [5.74, 6) is 1.50. The molecule has 0 aliphatic rings. The van der Waals surface area contributed by atoms with Gasteiger partial charge in [0.05, 0.1) is 12.2 Å². The number of hydrogen-bond acceptors (Lipinski definition) is 5. The number of hydrogen-bond donors (Lipinski definition) is 0. The molecule has 0 aliphatic heterocycles. The summed E-state index contributed by atoms with van der Waals surface area (Å²) in [7, 11) is 3.82. The molecule has 0 amide bonds. The zero-order chi connectivity index (χ0) is 14.0. The standard InChI is InChI=1S/C13H16N6/c1-9-10(2)16-17-13(11(9)7-14)19(4)8-12-15-5-6-18(12)3/h5-6H,8H2,1-4H3. The second-order valence-corrected chi connectivity index (χ2v) is 4.53. The van der Waals surface area contributed by atoms with Gasteiger partial charge in [0.15, 0.2) is 5.82 Å². The maximum Gasteiger partial charge on any atom is 0.169 e. The molecule has 0 N–H and O–H groups in total. The molecule has 0 radical (unpaired) electrons. The van der Waals surface area contributed by atoms with Crippen molar-refractivity contribution in [3.8, 4) is 6.07 Å². The van der Waals surface area contributed by atoms with Crippen LogP contribution in [0, 0.1) is 25.2 Å². The lowest BCUT2D eigenvalue weighted by molar-refractivity contribution is 0.746. The van der Waals surface area contributed by atoms with Gasteiger partial charge in [-0.15, -0.1) is 5.10 Å². The second kappa shape index (κ2) is 5.06.